The summed E-state index contributed by atoms with van der Waals surface area (Å²) >= 11 is 0. The van der Waals surface area contributed by atoms with E-state index >= 15 is 0 Å². The summed E-state index contributed by atoms with van der Waals surface area (Å²) in [5.41, 5.74) is 0.187. The van der Waals surface area contributed by atoms with E-state index in [1.165, 1.54) is 0 Å². The van der Waals surface area contributed by atoms with Crippen molar-refractivity contribution in [2.24, 2.45) is 5.41 Å². The maximum absolute atomic E-state index is 8.88. The molecule has 0 aromatic carbocycles. The molecule has 0 fully saturated rings. The highest BCUT2D eigenvalue weighted by Gasteiger charge is 2.13. The minimum absolute atomic E-state index is 0.0456. The molecule has 0 radical (unpaired) electrons. The van der Waals surface area contributed by atoms with E-state index in [-0.39, 0.29) is 12.0 Å². The summed E-state index contributed by atoms with van der Waals surface area (Å²) < 4.78 is 1.88. The molecule has 0 amide bonds. The van der Waals surface area contributed by atoms with E-state index in [1.54, 1.807) is 6.33 Å². The molecule has 12 heavy (non-hydrogen) atoms. The lowest BCUT2D eigenvalue weighted by Crippen LogP contribution is -2.16. The summed E-state index contributed by atoms with van der Waals surface area (Å²) in [5.74, 6) is 0.630. The normalized spacial score (nSPS) is 12.0. The molecule has 4 nitrogen and oxygen atoms in total. The Kier molecular flexibility index (Phi) is 2.47. The first-order chi connectivity index (χ1) is 5.53. The van der Waals surface area contributed by atoms with Crippen molar-refractivity contribution >= 4 is 0 Å². The van der Waals surface area contributed by atoms with Gasteiger partial charge in [0.2, 0.25) is 0 Å². The fourth-order valence-corrected chi connectivity index (χ4v) is 1.04. The number of nitrogens with zero attached hydrogens (tertiary/aromatic N) is 3. The molecule has 0 aliphatic carbocycles. The first kappa shape index (κ1) is 9.19. The van der Waals surface area contributed by atoms with Gasteiger partial charge in [0, 0.05) is 6.54 Å². The lowest BCUT2D eigenvalue weighted by atomic mass is 9.97. The summed E-state index contributed by atoms with van der Waals surface area (Å²) in [5, 5.41) is 16.4. The van der Waals surface area contributed by atoms with Gasteiger partial charge in [0.25, 0.3) is 0 Å². The Labute approximate surface area is 72.2 Å². The van der Waals surface area contributed by atoms with Gasteiger partial charge >= 0.3 is 0 Å². The summed E-state index contributed by atoms with van der Waals surface area (Å²) in [6.45, 7) is 7.18. The predicted octanol–water partition coefficient (Wildman–Crippen LogP) is 0.817. The van der Waals surface area contributed by atoms with Gasteiger partial charge in [-0.05, 0) is 5.41 Å². The van der Waals surface area contributed by atoms with Crippen molar-refractivity contribution in [3.8, 4) is 0 Å². The molecule has 0 unspecified atom stereocenters. The monoisotopic (exact) mass is 169 g/mol. The molecule has 1 aromatic rings. The fraction of sp³-hybridized carbons (Fsp3) is 0.750. The average Bonchev–Trinajstić information content (AvgIpc) is 2.31. The van der Waals surface area contributed by atoms with Gasteiger partial charge < -0.3 is 9.67 Å². The maximum atomic E-state index is 8.88. The maximum Gasteiger partial charge on any atom is 0.158 e. The topological polar surface area (TPSA) is 50.9 Å². The second kappa shape index (κ2) is 3.23. The molecule has 68 valence electrons. The van der Waals surface area contributed by atoms with Crippen LogP contribution in [-0.4, -0.2) is 19.9 Å². The number of aromatic nitrogens is 3. The summed E-state index contributed by atoms with van der Waals surface area (Å²) in [4.78, 5) is 0. The third-order valence-electron chi connectivity index (χ3n) is 1.48. The first-order valence-electron chi connectivity index (χ1n) is 4.00. The molecular formula is C8H15N3O. The molecule has 1 N–H and O–H groups in total. The van der Waals surface area contributed by atoms with Crippen LogP contribution in [0.2, 0.25) is 0 Å². The highest BCUT2D eigenvalue weighted by atomic mass is 16.3. The van der Waals surface area contributed by atoms with Crippen LogP contribution in [-0.2, 0) is 13.2 Å². The quantitative estimate of drug-likeness (QED) is 0.713. The van der Waals surface area contributed by atoms with Crippen LogP contribution in [0.25, 0.3) is 0 Å². The number of hydrogen-bond donors (Lipinski definition) is 1. The zero-order chi connectivity index (χ0) is 9.19. The van der Waals surface area contributed by atoms with Gasteiger partial charge in [-0.3, -0.25) is 0 Å². The van der Waals surface area contributed by atoms with Crippen molar-refractivity contribution in [3.63, 3.8) is 0 Å². The highest BCUT2D eigenvalue weighted by molar-refractivity contribution is 4.84. The lowest BCUT2D eigenvalue weighted by molar-refractivity contribution is 0.253. The van der Waals surface area contributed by atoms with Gasteiger partial charge in [0.15, 0.2) is 5.82 Å². The van der Waals surface area contributed by atoms with Gasteiger partial charge in [-0.25, -0.2) is 0 Å². The van der Waals surface area contributed by atoms with Crippen molar-refractivity contribution in [1.82, 2.24) is 14.8 Å². The average molecular weight is 169 g/mol. The van der Waals surface area contributed by atoms with E-state index < -0.39 is 0 Å². The van der Waals surface area contributed by atoms with Crippen LogP contribution in [0.4, 0.5) is 0 Å². The van der Waals surface area contributed by atoms with Crippen molar-refractivity contribution < 1.29 is 5.11 Å². The van der Waals surface area contributed by atoms with Crippen molar-refractivity contribution in [1.29, 1.82) is 0 Å². The van der Waals surface area contributed by atoms with E-state index in [0.29, 0.717) is 5.82 Å². The molecule has 1 heterocycles. The van der Waals surface area contributed by atoms with Gasteiger partial charge in [-0.2, -0.15) is 0 Å². The Hall–Kier alpha value is -0.900. The molecule has 0 saturated heterocycles. The van der Waals surface area contributed by atoms with E-state index in [1.807, 2.05) is 4.57 Å². The van der Waals surface area contributed by atoms with Gasteiger partial charge in [-0.1, -0.05) is 20.8 Å². The molecule has 1 rings (SSSR count). The first-order valence-corrected chi connectivity index (χ1v) is 4.00. The van der Waals surface area contributed by atoms with E-state index in [4.69, 9.17) is 5.11 Å². The zero-order valence-corrected chi connectivity index (χ0v) is 7.78. The van der Waals surface area contributed by atoms with Crippen LogP contribution in [0.5, 0.6) is 0 Å². The predicted molar refractivity (Wildman–Crippen MR) is 45.4 cm³/mol. The van der Waals surface area contributed by atoms with Gasteiger partial charge in [0.05, 0.1) is 0 Å². The number of aliphatic hydroxyl groups excluding tert-OH is 1. The minimum Gasteiger partial charge on any atom is -0.388 e. The standard InChI is InChI=1S/C8H15N3O/c1-8(2,3)5-11-6-9-10-7(11)4-12/h6,12H,4-5H2,1-3H3. The molecule has 0 aliphatic rings. The van der Waals surface area contributed by atoms with Crippen LogP contribution >= 0.6 is 0 Å². The Morgan fingerprint density at radius 3 is 2.67 bits per heavy atom. The van der Waals surface area contributed by atoms with Crippen molar-refractivity contribution in [3.05, 3.63) is 12.2 Å². The number of aliphatic hydroxyl groups is 1. The molecule has 4 heteroatoms. The molecule has 0 bridgehead atoms. The van der Waals surface area contributed by atoms with Crippen LogP contribution < -0.4 is 0 Å². The highest BCUT2D eigenvalue weighted by Crippen LogP contribution is 2.16. The number of hydrogen-bond acceptors (Lipinski definition) is 3. The van der Waals surface area contributed by atoms with Crippen LogP contribution in [0.1, 0.15) is 26.6 Å². The second-order valence-electron chi connectivity index (χ2n) is 4.09. The SMILES string of the molecule is CC(C)(C)Cn1cnnc1CO. The van der Waals surface area contributed by atoms with E-state index in [9.17, 15) is 0 Å². The summed E-state index contributed by atoms with van der Waals surface area (Å²) in [7, 11) is 0. The van der Waals surface area contributed by atoms with Crippen molar-refractivity contribution in [2.75, 3.05) is 0 Å². The number of rotatable bonds is 2. The Balaban J connectivity index is 2.75. The van der Waals surface area contributed by atoms with E-state index in [2.05, 4.69) is 31.0 Å². The molecule has 0 spiro atoms. The summed E-state index contributed by atoms with van der Waals surface area (Å²) in [6, 6.07) is 0. The van der Waals surface area contributed by atoms with E-state index in [0.717, 1.165) is 6.54 Å². The third-order valence-corrected chi connectivity index (χ3v) is 1.48. The molecule has 1 aromatic heterocycles. The van der Waals surface area contributed by atoms with Gasteiger partial charge in [-0.15, -0.1) is 10.2 Å². The van der Waals surface area contributed by atoms with Crippen LogP contribution in [0.3, 0.4) is 0 Å². The van der Waals surface area contributed by atoms with Gasteiger partial charge in [0.1, 0.15) is 12.9 Å². The molecule has 0 aliphatic heterocycles. The van der Waals surface area contributed by atoms with Crippen molar-refractivity contribution in [2.45, 2.75) is 33.9 Å². The minimum atomic E-state index is -0.0456. The Morgan fingerprint density at radius 1 is 1.50 bits per heavy atom. The van der Waals surface area contributed by atoms with Crippen LogP contribution in [0.15, 0.2) is 6.33 Å². The lowest BCUT2D eigenvalue weighted by Gasteiger charge is -2.19. The zero-order valence-electron chi connectivity index (χ0n) is 7.78. The fourth-order valence-electron chi connectivity index (χ4n) is 1.04. The molecular weight excluding hydrogens is 154 g/mol. The Morgan fingerprint density at radius 2 is 2.17 bits per heavy atom. The summed E-state index contributed by atoms with van der Waals surface area (Å²) in [6.07, 6.45) is 1.65. The largest absolute Gasteiger partial charge is 0.388 e. The Bertz CT molecular complexity index is 249. The molecule has 0 atom stereocenters. The third kappa shape index (κ3) is 2.30. The second-order valence-corrected chi connectivity index (χ2v) is 4.09. The smallest absolute Gasteiger partial charge is 0.158 e. The molecule has 0 saturated carbocycles. The van der Waals surface area contributed by atoms with Crippen LogP contribution in [0, 0.1) is 5.41 Å².